The van der Waals surface area contributed by atoms with E-state index in [0.29, 0.717) is 17.1 Å². The van der Waals surface area contributed by atoms with Gasteiger partial charge in [0, 0.05) is 17.8 Å². The fourth-order valence-electron chi connectivity index (χ4n) is 1.93. The minimum atomic E-state index is -5.11. The van der Waals surface area contributed by atoms with E-state index < -0.39 is 12.4 Å². The summed E-state index contributed by atoms with van der Waals surface area (Å²) in [6.45, 7) is -3.39. The average Bonchev–Trinajstić information content (AvgIpc) is 2.44. The third-order valence-corrected chi connectivity index (χ3v) is 2.86. The van der Waals surface area contributed by atoms with E-state index in [1.165, 1.54) is 25.3 Å². The number of rotatable bonds is 5. The second kappa shape index (κ2) is 8.35. The summed E-state index contributed by atoms with van der Waals surface area (Å²) < 4.78 is 49.1. The number of methoxy groups -OCH3 is 1. The molecular formula is C14H14BF3KNO2. The van der Waals surface area contributed by atoms with Crippen LogP contribution in [0.1, 0.15) is 11.4 Å². The molecule has 0 aliphatic rings. The van der Waals surface area contributed by atoms with Crippen LogP contribution in [0.2, 0.25) is 0 Å². The van der Waals surface area contributed by atoms with Gasteiger partial charge in [-0.2, -0.15) is 0 Å². The molecule has 0 spiro atoms. The van der Waals surface area contributed by atoms with Gasteiger partial charge in [0.2, 0.25) is 0 Å². The van der Waals surface area contributed by atoms with E-state index in [0.717, 1.165) is 6.07 Å². The first-order chi connectivity index (χ1) is 9.90. The average molecular weight is 335 g/mol. The summed E-state index contributed by atoms with van der Waals surface area (Å²) in [5.74, 6) is 0.404. The Bertz CT molecular complexity index is 638. The Hall–Kier alpha value is -0.539. The fourth-order valence-corrected chi connectivity index (χ4v) is 1.93. The minimum Gasteiger partial charge on any atom is -0.497 e. The Labute approximate surface area is 169 Å². The standard InChI is InChI=1S/C14H14BF3NO2.K/c1-10-7-12(20-2)8-11(19-10)9-21-14-6-4-3-5-13(14)15(16,17)18;/h3-8H,9H2,1-2H3;/q-1;+1. The number of ether oxygens (including phenoxy) is 2. The van der Waals surface area contributed by atoms with Gasteiger partial charge >= 0.3 is 58.4 Å². The molecule has 1 heterocycles. The monoisotopic (exact) mass is 335 g/mol. The summed E-state index contributed by atoms with van der Waals surface area (Å²) >= 11 is 0. The molecule has 0 radical (unpaired) electrons. The molecule has 0 fully saturated rings. The van der Waals surface area contributed by atoms with Crippen LogP contribution in [-0.2, 0) is 6.61 Å². The molecule has 0 N–H and O–H groups in total. The van der Waals surface area contributed by atoms with Crippen LogP contribution in [0, 0.1) is 6.92 Å². The van der Waals surface area contributed by atoms with Crippen LogP contribution in [0.4, 0.5) is 12.9 Å². The van der Waals surface area contributed by atoms with E-state index >= 15 is 0 Å². The van der Waals surface area contributed by atoms with Gasteiger partial charge in [0.15, 0.2) is 0 Å². The number of benzene rings is 1. The third-order valence-electron chi connectivity index (χ3n) is 2.86. The first-order valence-electron chi connectivity index (χ1n) is 6.33. The van der Waals surface area contributed by atoms with Gasteiger partial charge in [-0.15, -0.1) is 0 Å². The molecule has 0 aliphatic heterocycles. The van der Waals surface area contributed by atoms with Crippen molar-refractivity contribution in [1.29, 1.82) is 0 Å². The molecule has 0 unspecified atom stereocenters. The van der Waals surface area contributed by atoms with Crippen molar-refractivity contribution in [2.24, 2.45) is 0 Å². The molecule has 1 aromatic carbocycles. The van der Waals surface area contributed by atoms with E-state index in [9.17, 15) is 12.9 Å². The molecule has 2 aromatic rings. The zero-order valence-electron chi connectivity index (χ0n) is 12.6. The zero-order valence-corrected chi connectivity index (χ0v) is 15.8. The van der Waals surface area contributed by atoms with Crippen LogP contribution in [0.3, 0.4) is 0 Å². The maximum atomic E-state index is 12.9. The number of nitrogens with zero attached hydrogens (tertiary/aromatic N) is 1. The number of para-hydroxylation sites is 1. The smallest absolute Gasteiger partial charge is 0.497 e. The van der Waals surface area contributed by atoms with Crippen LogP contribution in [0.25, 0.3) is 0 Å². The Balaban J connectivity index is 0.00000242. The molecule has 0 aliphatic carbocycles. The summed E-state index contributed by atoms with van der Waals surface area (Å²) in [7, 11) is 1.51. The molecule has 0 saturated carbocycles. The number of halogens is 3. The summed E-state index contributed by atoms with van der Waals surface area (Å²) in [5, 5.41) is 0. The largest absolute Gasteiger partial charge is 1.00 e. The molecule has 0 bridgehead atoms. The van der Waals surface area contributed by atoms with Crippen molar-refractivity contribution in [3.05, 3.63) is 47.8 Å². The van der Waals surface area contributed by atoms with Gasteiger partial charge in [0.25, 0.3) is 0 Å². The normalized spacial score (nSPS) is 10.8. The maximum absolute atomic E-state index is 12.9. The number of pyridine rings is 1. The molecule has 22 heavy (non-hydrogen) atoms. The van der Waals surface area contributed by atoms with E-state index in [4.69, 9.17) is 9.47 Å². The molecule has 1 aromatic heterocycles. The van der Waals surface area contributed by atoms with Crippen LogP contribution >= 0.6 is 0 Å². The number of aryl methyl sites for hydroxylation is 1. The van der Waals surface area contributed by atoms with Crippen LogP contribution in [-0.4, -0.2) is 19.1 Å². The van der Waals surface area contributed by atoms with Gasteiger partial charge in [-0.3, -0.25) is 4.98 Å². The quantitative estimate of drug-likeness (QED) is 0.723. The van der Waals surface area contributed by atoms with Gasteiger partial charge in [0.1, 0.15) is 12.4 Å². The summed E-state index contributed by atoms with van der Waals surface area (Å²) in [6, 6.07) is 8.53. The zero-order chi connectivity index (χ0) is 15.5. The van der Waals surface area contributed by atoms with E-state index in [-0.39, 0.29) is 63.7 Å². The van der Waals surface area contributed by atoms with Crippen molar-refractivity contribution >= 4 is 12.4 Å². The van der Waals surface area contributed by atoms with Gasteiger partial charge in [-0.1, -0.05) is 23.7 Å². The predicted octanol–water partition coefficient (Wildman–Crippen LogP) is 0.0360. The summed E-state index contributed by atoms with van der Waals surface area (Å²) in [6.07, 6.45) is 0. The molecular weight excluding hydrogens is 321 g/mol. The minimum absolute atomic E-state index is 0. The van der Waals surface area contributed by atoms with Crippen molar-refractivity contribution in [3.8, 4) is 11.5 Å². The first kappa shape index (κ1) is 19.5. The predicted molar refractivity (Wildman–Crippen MR) is 75.0 cm³/mol. The van der Waals surface area contributed by atoms with Crippen LogP contribution in [0.5, 0.6) is 11.5 Å². The van der Waals surface area contributed by atoms with E-state index in [1.54, 1.807) is 19.1 Å². The van der Waals surface area contributed by atoms with Crippen LogP contribution in [0.15, 0.2) is 36.4 Å². The topological polar surface area (TPSA) is 31.4 Å². The van der Waals surface area contributed by atoms with Crippen molar-refractivity contribution in [3.63, 3.8) is 0 Å². The fraction of sp³-hybridized carbons (Fsp3) is 0.214. The molecule has 0 amide bonds. The van der Waals surface area contributed by atoms with E-state index in [2.05, 4.69) is 4.98 Å². The van der Waals surface area contributed by atoms with Crippen molar-refractivity contribution < 1.29 is 73.8 Å². The van der Waals surface area contributed by atoms with Gasteiger partial charge in [-0.05, 0) is 13.0 Å². The molecule has 112 valence electrons. The van der Waals surface area contributed by atoms with Gasteiger partial charge in [0.05, 0.1) is 18.6 Å². The Morgan fingerprint density at radius 1 is 1.14 bits per heavy atom. The molecule has 0 atom stereocenters. The number of hydrogen-bond acceptors (Lipinski definition) is 3. The van der Waals surface area contributed by atoms with Gasteiger partial charge < -0.3 is 22.4 Å². The SMILES string of the molecule is COc1cc(C)nc(COc2ccccc2[B-](F)(F)F)c1.[K+]. The van der Waals surface area contributed by atoms with Crippen molar-refractivity contribution in [1.82, 2.24) is 4.98 Å². The van der Waals surface area contributed by atoms with Crippen molar-refractivity contribution in [2.75, 3.05) is 7.11 Å². The summed E-state index contributed by atoms with van der Waals surface area (Å²) in [4.78, 5) is 4.21. The van der Waals surface area contributed by atoms with Crippen molar-refractivity contribution in [2.45, 2.75) is 13.5 Å². The van der Waals surface area contributed by atoms with Crippen LogP contribution < -0.4 is 66.3 Å². The maximum Gasteiger partial charge on any atom is 1.00 e. The second-order valence-corrected chi connectivity index (χ2v) is 4.54. The second-order valence-electron chi connectivity index (χ2n) is 4.54. The van der Waals surface area contributed by atoms with Gasteiger partial charge in [-0.25, -0.2) is 0 Å². The molecule has 8 heteroatoms. The number of aromatic nitrogens is 1. The summed E-state index contributed by atoms with van der Waals surface area (Å²) in [5.41, 5.74) is 0.481. The Kier molecular flexibility index (Phi) is 7.41. The molecule has 0 saturated heterocycles. The third kappa shape index (κ3) is 5.27. The Morgan fingerprint density at radius 3 is 2.45 bits per heavy atom. The first-order valence-corrected chi connectivity index (χ1v) is 6.33. The Morgan fingerprint density at radius 2 is 1.82 bits per heavy atom. The number of hydrogen-bond donors (Lipinski definition) is 0. The molecule has 2 rings (SSSR count). The molecule has 3 nitrogen and oxygen atoms in total. The van der Waals surface area contributed by atoms with E-state index in [1.807, 2.05) is 0 Å².